The predicted molar refractivity (Wildman–Crippen MR) is 459 cm³/mol. The first kappa shape index (κ1) is 61.1. The molecule has 3 heterocycles. The first-order chi connectivity index (χ1) is 53.7. The summed E-state index contributed by atoms with van der Waals surface area (Å²) in [6.07, 6.45) is 0. The molecule has 22 rings (SSSR count). The topological polar surface area (TPSA) is 24.5 Å². The van der Waals surface area contributed by atoms with E-state index < -0.39 is 0 Å². The Bertz CT molecular complexity index is 6330. The van der Waals surface area contributed by atoms with E-state index >= 15 is 0 Å². The largest absolute Gasteiger partial charge is 0.309 e. The lowest BCUT2D eigenvalue weighted by Crippen LogP contribution is -2.12. The van der Waals surface area contributed by atoms with Gasteiger partial charge in [-0.05, 0) is 91.0 Å². The Morgan fingerprint density at radius 2 is 0.287 bits per heavy atom. The summed E-state index contributed by atoms with van der Waals surface area (Å²) in [6.45, 7) is 0. The normalized spacial score (nSPS) is 11.9. The van der Waals surface area contributed by atoms with Crippen LogP contribution in [0.15, 0.2) is 400 Å². The van der Waals surface area contributed by atoms with Gasteiger partial charge in [-0.3, -0.25) is 0 Å². The highest BCUT2D eigenvalue weighted by Crippen LogP contribution is 2.57. The van der Waals surface area contributed by atoms with E-state index in [0.29, 0.717) is 0 Å². The molecule has 504 valence electrons. The molecule has 108 heavy (non-hydrogen) atoms. The molecule has 0 unspecified atom stereocenters. The number of fused-ring (bicyclic) bond motifs is 18. The third-order valence-corrected chi connectivity index (χ3v) is 22.4. The fourth-order valence-electron chi connectivity index (χ4n) is 18.2. The minimum atomic E-state index is 1.08. The Morgan fingerprint density at radius 3 is 0.472 bits per heavy atom. The van der Waals surface area contributed by atoms with Crippen molar-refractivity contribution >= 4 is 181 Å². The van der Waals surface area contributed by atoms with Crippen molar-refractivity contribution in [2.75, 3.05) is 14.7 Å². The second kappa shape index (κ2) is 24.6. The van der Waals surface area contributed by atoms with Crippen molar-refractivity contribution in [2.24, 2.45) is 0 Å². The third-order valence-electron chi connectivity index (χ3n) is 22.4. The molecule has 0 radical (unpaired) electrons. The standard InChI is InChI=1S/C102H66N6/c1-7-37-67(38-8-1)103(68-39-9-2-10-40-68)94-73-49-19-25-55-79(73)97(80-56-26-20-50-74(80)94)106-88-64-34-31-61-85(88)91-100(106)92-86-62-32-35-65-89(86)107(98-81-57-27-21-51-75(81)95(76-52-22-28-58-82(76)98)104(69-41-11-3-12-42-69)70-43-13-4-14-44-70)102(92)93-87-63-33-36-66-90(87)108(101(91)93)99-83-59-29-23-53-77(83)96(78-54-24-30-60-84(78)99)105(71-45-15-5-16-46-71)72-47-17-6-18-48-72/h1-66H. The highest BCUT2D eigenvalue weighted by molar-refractivity contribution is 6.42. The van der Waals surface area contributed by atoms with Gasteiger partial charge < -0.3 is 28.4 Å². The Morgan fingerprint density at radius 1 is 0.139 bits per heavy atom. The van der Waals surface area contributed by atoms with Gasteiger partial charge in [-0.15, -0.1) is 0 Å². The van der Waals surface area contributed by atoms with Crippen molar-refractivity contribution in [3.63, 3.8) is 0 Å². The number of hydrogen-bond acceptors (Lipinski definition) is 3. The van der Waals surface area contributed by atoms with Gasteiger partial charge in [0.25, 0.3) is 0 Å². The van der Waals surface area contributed by atoms with Crippen LogP contribution < -0.4 is 14.7 Å². The zero-order valence-corrected chi connectivity index (χ0v) is 58.8. The van der Waals surface area contributed by atoms with Gasteiger partial charge in [0.15, 0.2) is 0 Å². The van der Waals surface area contributed by atoms with Crippen molar-refractivity contribution in [1.82, 2.24) is 13.7 Å². The Balaban J connectivity index is 0.977. The van der Waals surface area contributed by atoms with E-state index in [4.69, 9.17) is 0 Å². The van der Waals surface area contributed by atoms with Crippen LogP contribution in [0.1, 0.15) is 0 Å². The van der Waals surface area contributed by atoms with E-state index in [9.17, 15) is 0 Å². The lowest BCUT2D eigenvalue weighted by Gasteiger charge is -2.30. The van der Waals surface area contributed by atoms with Gasteiger partial charge in [0.05, 0.1) is 67.2 Å². The zero-order valence-electron chi connectivity index (χ0n) is 58.8. The molecule has 0 saturated heterocycles. The minimum absolute atomic E-state index is 1.08. The first-order valence-corrected chi connectivity index (χ1v) is 37.2. The maximum atomic E-state index is 2.70. The molecule has 0 saturated carbocycles. The summed E-state index contributed by atoms with van der Waals surface area (Å²) in [4.78, 5) is 7.39. The van der Waals surface area contributed by atoms with Crippen LogP contribution in [0.25, 0.3) is 147 Å². The number of hydrogen-bond donors (Lipinski definition) is 0. The van der Waals surface area contributed by atoms with Gasteiger partial charge in [0, 0.05) is 131 Å². The highest BCUT2D eigenvalue weighted by Gasteiger charge is 2.34. The van der Waals surface area contributed by atoms with Crippen LogP contribution in [-0.2, 0) is 0 Å². The summed E-state index contributed by atoms with van der Waals surface area (Å²) < 4.78 is 8.09. The highest BCUT2D eigenvalue weighted by atomic mass is 15.2. The second-order valence-electron chi connectivity index (χ2n) is 28.1. The maximum absolute atomic E-state index is 2.70. The van der Waals surface area contributed by atoms with Crippen LogP contribution in [0.2, 0.25) is 0 Å². The molecule has 3 aromatic heterocycles. The van der Waals surface area contributed by atoms with Gasteiger partial charge in [-0.2, -0.15) is 0 Å². The summed E-state index contributed by atoms with van der Waals surface area (Å²) in [5.41, 5.74) is 19.9. The van der Waals surface area contributed by atoms with E-state index in [2.05, 4.69) is 429 Å². The molecular formula is C102H66N6. The van der Waals surface area contributed by atoms with Crippen LogP contribution >= 0.6 is 0 Å². The Kier molecular flexibility index (Phi) is 13.9. The number of para-hydroxylation sites is 9. The quantitative estimate of drug-likeness (QED) is 0.114. The number of rotatable bonds is 12. The molecule has 6 heteroatoms. The van der Waals surface area contributed by atoms with E-state index in [1.807, 2.05) is 0 Å². The molecule has 0 amide bonds. The number of anilines is 9. The van der Waals surface area contributed by atoms with E-state index in [1.54, 1.807) is 0 Å². The number of nitrogens with zero attached hydrogens (tertiary/aromatic N) is 6. The summed E-state index contributed by atoms with van der Waals surface area (Å²) in [5, 5.41) is 20.5. The average molecular weight is 1380 g/mol. The van der Waals surface area contributed by atoms with Crippen LogP contribution in [0.4, 0.5) is 51.2 Å². The second-order valence-corrected chi connectivity index (χ2v) is 28.1. The van der Waals surface area contributed by atoms with Crippen molar-refractivity contribution in [3.05, 3.63) is 400 Å². The summed E-state index contributed by atoms with van der Waals surface area (Å²) in [6, 6.07) is 148. The van der Waals surface area contributed by atoms with Crippen LogP contribution in [-0.4, -0.2) is 13.7 Å². The van der Waals surface area contributed by atoms with Crippen molar-refractivity contribution < 1.29 is 0 Å². The first-order valence-electron chi connectivity index (χ1n) is 37.2. The molecule has 0 spiro atoms. The van der Waals surface area contributed by atoms with Gasteiger partial charge in [0.1, 0.15) is 0 Å². The fourth-order valence-corrected chi connectivity index (χ4v) is 18.2. The molecule has 0 aliphatic heterocycles. The van der Waals surface area contributed by atoms with E-state index in [1.165, 1.54) is 16.2 Å². The molecule has 0 fully saturated rings. The molecule has 6 nitrogen and oxygen atoms in total. The molecule has 0 aliphatic carbocycles. The van der Waals surface area contributed by atoms with E-state index in [0.717, 1.165) is 182 Å². The van der Waals surface area contributed by atoms with Gasteiger partial charge in [-0.25, -0.2) is 0 Å². The average Bonchev–Trinajstić information content (AvgIpc) is 1.49. The van der Waals surface area contributed by atoms with Crippen LogP contribution in [0.5, 0.6) is 0 Å². The minimum Gasteiger partial charge on any atom is -0.309 e. The molecule has 0 aliphatic rings. The van der Waals surface area contributed by atoms with Crippen molar-refractivity contribution in [1.29, 1.82) is 0 Å². The Labute approximate surface area is 623 Å². The van der Waals surface area contributed by atoms with Gasteiger partial charge in [-0.1, -0.05) is 309 Å². The predicted octanol–water partition coefficient (Wildman–Crippen LogP) is 28.3. The molecule has 0 N–H and O–H groups in total. The third kappa shape index (κ3) is 9.01. The number of aromatic nitrogens is 3. The molecule has 22 aromatic rings. The van der Waals surface area contributed by atoms with Crippen LogP contribution in [0, 0.1) is 0 Å². The monoisotopic (exact) mass is 1370 g/mol. The van der Waals surface area contributed by atoms with Gasteiger partial charge >= 0.3 is 0 Å². The smallest absolute Gasteiger partial charge is 0.0663 e. The Hall–Kier alpha value is -14.5. The molecular weight excluding hydrogens is 1310 g/mol. The molecule has 0 bridgehead atoms. The number of benzene rings is 19. The van der Waals surface area contributed by atoms with Crippen LogP contribution in [0.3, 0.4) is 0 Å². The zero-order chi connectivity index (χ0) is 70.9. The lowest BCUT2D eigenvalue weighted by atomic mass is 9.95. The maximum Gasteiger partial charge on any atom is 0.0663 e. The van der Waals surface area contributed by atoms with Gasteiger partial charge in [0.2, 0.25) is 0 Å². The molecule has 19 aromatic carbocycles. The summed E-state index contributed by atoms with van der Waals surface area (Å²) >= 11 is 0. The van der Waals surface area contributed by atoms with Crippen molar-refractivity contribution in [3.8, 4) is 17.1 Å². The summed E-state index contributed by atoms with van der Waals surface area (Å²) in [5.74, 6) is 0. The van der Waals surface area contributed by atoms with Crippen molar-refractivity contribution in [2.45, 2.75) is 0 Å². The SMILES string of the molecule is c1ccc(N(c2ccccc2)c2c3ccccc3c(-n3c4ccccc4c4c3c3c5ccccc5n(-c5c6ccccc6c(N(c6ccccc6)c6ccccc6)c6ccccc56)c3c3c5ccccc5n(-c5c6ccccc6c(N(c6ccccc6)c6ccccc6)c6ccccc56)c43)c3ccccc23)cc1. The molecule has 0 atom stereocenters. The lowest BCUT2D eigenvalue weighted by molar-refractivity contribution is 1.20. The fraction of sp³-hybridized carbons (Fsp3) is 0. The summed E-state index contributed by atoms with van der Waals surface area (Å²) in [7, 11) is 0. The van der Waals surface area contributed by atoms with E-state index in [-0.39, 0.29) is 0 Å².